The molecule has 2 aliphatic rings. The minimum absolute atomic E-state index is 0.0971. The number of likely N-dealkylation sites (tertiary alicyclic amines) is 1. The molecule has 3 heterocycles. The minimum Gasteiger partial charge on any atom is -0.333 e. The van der Waals surface area contributed by atoms with Crippen molar-refractivity contribution in [3.63, 3.8) is 0 Å². The fraction of sp³-hybridized carbons (Fsp3) is 0.600. The number of aryl methyl sites for hydroxylation is 1. The average molecular weight is 259 g/mol. The summed E-state index contributed by atoms with van der Waals surface area (Å²) in [4.78, 5) is 19.0. The maximum Gasteiger partial charge on any atom is 0.272 e. The number of carbonyl (C=O) groups excluding carboxylic acids is 1. The Morgan fingerprint density at radius 2 is 2.26 bits per heavy atom. The van der Waals surface area contributed by atoms with E-state index in [1.165, 1.54) is 12.8 Å². The zero-order valence-corrected chi connectivity index (χ0v) is 11.4. The third-order valence-electron chi connectivity index (χ3n) is 4.23. The monoisotopic (exact) mass is 259 g/mol. The van der Waals surface area contributed by atoms with Gasteiger partial charge < -0.3 is 10.2 Å². The normalized spacial score (nSPS) is 26.9. The minimum atomic E-state index is 0.0971. The Kier molecular flexibility index (Phi) is 3.51. The molecule has 3 rings (SSSR count). The van der Waals surface area contributed by atoms with Crippen molar-refractivity contribution in [3.8, 4) is 0 Å². The second-order valence-corrected chi connectivity index (χ2v) is 5.58. The molecular formula is C15H21N3O. The Morgan fingerprint density at radius 3 is 3.00 bits per heavy atom. The smallest absolute Gasteiger partial charge is 0.272 e. The number of carbonyl (C=O) groups is 1. The van der Waals surface area contributed by atoms with Crippen molar-refractivity contribution in [1.82, 2.24) is 15.2 Å². The summed E-state index contributed by atoms with van der Waals surface area (Å²) < 4.78 is 0. The SMILES string of the molecule is Cc1cccc(C(=O)N2CCCC2C2CCCN2)n1. The molecule has 0 radical (unpaired) electrons. The summed E-state index contributed by atoms with van der Waals surface area (Å²) in [5.41, 5.74) is 1.49. The van der Waals surface area contributed by atoms with Gasteiger partial charge in [0, 0.05) is 24.3 Å². The number of aromatic nitrogens is 1. The Hall–Kier alpha value is -1.42. The Bertz CT molecular complexity index is 468. The van der Waals surface area contributed by atoms with Gasteiger partial charge in [-0.2, -0.15) is 0 Å². The van der Waals surface area contributed by atoms with Crippen molar-refractivity contribution in [2.75, 3.05) is 13.1 Å². The van der Waals surface area contributed by atoms with E-state index >= 15 is 0 Å². The lowest BCUT2D eigenvalue weighted by molar-refractivity contribution is 0.0705. The Balaban J connectivity index is 1.78. The fourth-order valence-electron chi connectivity index (χ4n) is 3.31. The maximum absolute atomic E-state index is 12.6. The van der Waals surface area contributed by atoms with Gasteiger partial charge in [0.25, 0.3) is 5.91 Å². The van der Waals surface area contributed by atoms with Crippen molar-refractivity contribution in [2.24, 2.45) is 0 Å². The van der Waals surface area contributed by atoms with Crippen LogP contribution in [0.3, 0.4) is 0 Å². The molecule has 2 aliphatic heterocycles. The van der Waals surface area contributed by atoms with Gasteiger partial charge in [0.1, 0.15) is 5.69 Å². The first kappa shape index (κ1) is 12.6. The molecule has 4 heteroatoms. The van der Waals surface area contributed by atoms with Crippen molar-refractivity contribution >= 4 is 5.91 Å². The van der Waals surface area contributed by atoms with E-state index in [1.54, 1.807) is 0 Å². The van der Waals surface area contributed by atoms with Crippen LogP contribution in [0.4, 0.5) is 0 Å². The van der Waals surface area contributed by atoms with E-state index in [4.69, 9.17) is 0 Å². The molecule has 1 aromatic heterocycles. The van der Waals surface area contributed by atoms with E-state index in [9.17, 15) is 4.79 Å². The summed E-state index contributed by atoms with van der Waals surface area (Å²) in [5, 5.41) is 3.53. The van der Waals surface area contributed by atoms with E-state index in [0.29, 0.717) is 17.8 Å². The molecule has 2 saturated heterocycles. The lowest BCUT2D eigenvalue weighted by Gasteiger charge is -2.29. The van der Waals surface area contributed by atoms with Gasteiger partial charge in [-0.15, -0.1) is 0 Å². The Morgan fingerprint density at radius 1 is 1.37 bits per heavy atom. The number of rotatable bonds is 2. The highest BCUT2D eigenvalue weighted by Crippen LogP contribution is 2.26. The fourth-order valence-corrected chi connectivity index (χ4v) is 3.31. The first-order chi connectivity index (χ1) is 9.25. The second kappa shape index (κ2) is 5.29. The van der Waals surface area contributed by atoms with Crippen LogP contribution in [0, 0.1) is 6.92 Å². The standard InChI is InChI=1S/C15H21N3O/c1-11-5-2-6-13(17-11)15(19)18-10-4-8-14(18)12-7-3-9-16-12/h2,5-6,12,14,16H,3-4,7-10H2,1H3. The first-order valence-electron chi connectivity index (χ1n) is 7.24. The van der Waals surface area contributed by atoms with E-state index in [2.05, 4.69) is 10.3 Å². The van der Waals surface area contributed by atoms with Crippen LogP contribution in [0.25, 0.3) is 0 Å². The highest BCUT2D eigenvalue weighted by molar-refractivity contribution is 5.92. The molecule has 2 unspecified atom stereocenters. The number of nitrogens with zero attached hydrogens (tertiary/aromatic N) is 2. The highest BCUT2D eigenvalue weighted by Gasteiger charge is 2.36. The van der Waals surface area contributed by atoms with E-state index < -0.39 is 0 Å². The Labute approximate surface area is 114 Å². The van der Waals surface area contributed by atoms with Gasteiger partial charge in [-0.3, -0.25) is 4.79 Å². The molecule has 0 bridgehead atoms. The van der Waals surface area contributed by atoms with Gasteiger partial charge in [0.2, 0.25) is 0 Å². The third kappa shape index (κ3) is 2.50. The maximum atomic E-state index is 12.6. The predicted octanol–water partition coefficient (Wildman–Crippen LogP) is 1.75. The van der Waals surface area contributed by atoms with Crippen LogP contribution in [0.5, 0.6) is 0 Å². The van der Waals surface area contributed by atoms with Gasteiger partial charge in [-0.05, 0) is 51.3 Å². The number of hydrogen-bond acceptors (Lipinski definition) is 3. The predicted molar refractivity (Wildman–Crippen MR) is 74.1 cm³/mol. The topological polar surface area (TPSA) is 45.2 Å². The van der Waals surface area contributed by atoms with Crippen LogP contribution >= 0.6 is 0 Å². The van der Waals surface area contributed by atoms with Crippen molar-refractivity contribution in [1.29, 1.82) is 0 Å². The zero-order chi connectivity index (χ0) is 13.2. The lowest BCUT2D eigenvalue weighted by Crippen LogP contribution is -2.46. The van der Waals surface area contributed by atoms with Gasteiger partial charge in [0.15, 0.2) is 0 Å². The van der Waals surface area contributed by atoms with Gasteiger partial charge in [-0.1, -0.05) is 6.07 Å². The number of amides is 1. The van der Waals surface area contributed by atoms with Crippen LogP contribution < -0.4 is 5.32 Å². The number of nitrogens with one attached hydrogen (secondary N) is 1. The molecule has 1 amide bonds. The summed E-state index contributed by atoms with van der Waals surface area (Å²) in [7, 11) is 0. The third-order valence-corrected chi connectivity index (χ3v) is 4.23. The zero-order valence-electron chi connectivity index (χ0n) is 11.4. The van der Waals surface area contributed by atoms with Crippen LogP contribution in [0.2, 0.25) is 0 Å². The largest absolute Gasteiger partial charge is 0.333 e. The van der Waals surface area contributed by atoms with Gasteiger partial charge in [-0.25, -0.2) is 4.98 Å². The van der Waals surface area contributed by atoms with Crippen LogP contribution in [0.1, 0.15) is 41.9 Å². The average Bonchev–Trinajstić information content (AvgIpc) is 3.08. The van der Waals surface area contributed by atoms with Gasteiger partial charge in [0.05, 0.1) is 0 Å². The van der Waals surface area contributed by atoms with Gasteiger partial charge >= 0.3 is 0 Å². The summed E-state index contributed by atoms with van der Waals surface area (Å²) in [6, 6.07) is 6.51. The molecule has 0 saturated carbocycles. The van der Waals surface area contributed by atoms with Crippen molar-refractivity contribution in [3.05, 3.63) is 29.6 Å². The van der Waals surface area contributed by atoms with Crippen molar-refractivity contribution in [2.45, 2.75) is 44.7 Å². The molecule has 0 aromatic carbocycles. The summed E-state index contributed by atoms with van der Waals surface area (Å²) in [6.45, 7) is 3.89. The molecule has 4 nitrogen and oxygen atoms in total. The van der Waals surface area contributed by atoms with E-state index in [0.717, 1.165) is 31.6 Å². The van der Waals surface area contributed by atoms with E-state index in [-0.39, 0.29) is 5.91 Å². The van der Waals surface area contributed by atoms with E-state index in [1.807, 2.05) is 30.0 Å². The highest BCUT2D eigenvalue weighted by atomic mass is 16.2. The molecule has 0 aliphatic carbocycles. The summed E-state index contributed by atoms with van der Waals surface area (Å²) >= 11 is 0. The lowest BCUT2D eigenvalue weighted by atomic mass is 10.0. The number of pyridine rings is 1. The molecule has 102 valence electrons. The first-order valence-corrected chi connectivity index (χ1v) is 7.24. The molecule has 2 atom stereocenters. The quantitative estimate of drug-likeness (QED) is 0.880. The van der Waals surface area contributed by atoms with Crippen molar-refractivity contribution < 1.29 is 4.79 Å². The summed E-state index contributed by atoms with van der Waals surface area (Å²) in [5.74, 6) is 0.0971. The molecule has 0 spiro atoms. The second-order valence-electron chi connectivity index (χ2n) is 5.58. The summed E-state index contributed by atoms with van der Waals surface area (Å²) in [6.07, 6.45) is 4.65. The molecular weight excluding hydrogens is 238 g/mol. The molecule has 2 fully saturated rings. The molecule has 1 N–H and O–H groups in total. The van der Waals surface area contributed by atoms with Crippen LogP contribution in [0.15, 0.2) is 18.2 Å². The molecule has 1 aromatic rings. The molecule has 19 heavy (non-hydrogen) atoms. The van der Waals surface area contributed by atoms with Crippen LogP contribution in [-0.4, -0.2) is 41.0 Å². The van der Waals surface area contributed by atoms with Crippen LogP contribution in [-0.2, 0) is 0 Å². The number of hydrogen-bond donors (Lipinski definition) is 1.